The van der Waals surface area contributed by atoms with Crippen molar-refractivity contribution in [1.29, 1.82) is 0 Å². The second kappa shape index (κ2) is 7.13. The number of anilines is 1. The summed E-state index contributed by atoms with van der Waals surface area (Å²) in [4.78, 5) is 24.7. The number of rotatable bonds is 5. The zero-order valence-electron chi connectivity index (χ0n) is 13.8. The van der Waals surface area contributed by atoms with E-state index in [1.165, 1.54) is 6.26 Å². The predicted octanol–water partition coefficient (Wildman–Crippen LogP) is 3.29. The third-order valence-corrected chi connectivity index (χ3v) is 3.63. The molecule has 5 nitrogen and oxygen atoms in total. The molecule has 2 N–H and O–H groups in total. The van der Waals surface area contributed by atoms with Gasteiger partial charge >= 0.3 is 0 Å². The maximum atomic E-state index is 12.6. The highest BCUT2D eigenvalue weighted by Crippen LogP contribution is 2.17. The van der Waals surface area contributed by atoms with E-state index in [1.807, 2.05) is 45.9 Å². The maximum absolute atomic E-state index is 12.6. The Labute approximate surface area is 136 Å². The summed E-state index contributed by atoms with van der Waals surface area (Å²) in [5, 5.41) is 5.63. The minimum Gasteiger partial charge on any atom is -0.459 e. The molecule has 2 rings (SSSR count). The van der Waals surface area contributed by atoms with Gasteiger partial charge in [0.2, 0.25) is 5.91 Å². The van der Waals surface area contributed by atoms with E-state index < -0.39 is 11.9 Å². The fourth-order valence-corrected chi connectivity index (χ4v) is 2.24. The molecule has 2 amide bonds. The van der Waals surface area contributed by atoms with Gasteiger partial charge in [-0.25, -0.2) is 0 Å². The van der Waals surface area contributed by atoms with E-state index in [9.17, 15) is 9.59 Å². The topological polar surface area (TPSA) is 71.3 Å². The molecule has 0 unspecified atom stereocenters. The molecule has 0 aliphatic carbocycles. The number of carbonyl (C=O) groups is 2. The van der Waals surface area contributed by atoms with Crippen molar-refractivity contribution < 1.29 is 14.0 Å². The molecular weight excluding hydrogens is 292 g/mol. The highest BCUT2D eigenvalue weighted by molar-refractivity contribution is 6.00. The van der Waals surface area contributed by atoms with Crippen LogP contribution in [0.25, 0.3) is 0 Å². The lowest BCUT2D eigenvalue weighted by molar-refractivity contribution is -0.118. The van der Waals surface area contributed by atoms with Crippen LogP contribution in [0.5, 0.6) is 0 Å². The van der Waals surface area contributed by atoms with Gasteiger partial charge in [-0.1, -0.05) is 26.0 Å². The first-order valence-electron chi connectivity index (χ1n) is 7.61. The zero-order valence-corrected chi connectivity index (χ0v) is 13.8. The van der Waals surface area contributed by atoms with Crippen LogP contribution >= 0.6 is 0 Å². The van der Waals surface area contributed by atoms with Crippen molar-refractivity contribution in [2.45, 2.75) is 33.7 Å². The molecule has 1 aromatic carbocycles. The molecule has 1 heterocycles. The Hall–Kier alpha value is -2.56. The van der Waals surface area contributed by atoms with E-state index in [2.05, 4.69) is 10.6 Å². The van der Waals surface area contributed by atoms with Crippen molar-refractivity contribution in [1.82, 2.24) is 5.32 Å². The number of benzene rings is 1. The molecule has 0 aliphatic heterocycles. The third-order valence-electron chi connectivity index (χ3n) is 3.63. The average Bonchev–Trinajstić information content (AvgIpc) is 3.02. The second-order valence-electron chi connectivity index (χ2n) is 5.98. The molecular formula is C18H22N2O3. The van der Waals surface area contributed by atoms with E-state index in [0.29, 0.717) is 0 Å². The molecule has 0 spiro atoms. The van der Waals surface area contributed by atoms with Gasteiger partial charge in [0, 0.05) is 5.69 Å². The number of aryl methyl sites for hydroxylation is 2. The molecule has 5 heteroatoms. The van der Waals surface area contributed by atoms with Crippen LogP contribution in [-0.2, 0) is 4.79 Å². The predicted molar refractivity (Wildman–Crippen MR) is 89.3 cm³/mol. The number of carbonyl (C=O) groups excluding carboxylic acids is 2. The van der Waals surface area contributed by atoms with Crippen LogP contribution in [0.2, 0.25) is 0 Å². The summed E-state index contributed by atoms with van der Waals surface area (Å²) in [6.07, 6.45) is 1.43. The van der Waals surface area contributed by atoms with Gasteiger partial charge in [-0.3, -0.25) is 9.59 Å². The van der Waals surface area contributed by atoms with Crippen LogP contribution in [0, 0.1) is 19.8 Å². The maximum Gasteiger partial charge on any atom is 0.287 e. The van der Waals surface area contributed by atoms with Crippen LogP contribution in [-0.4, -0.2) is 17.9 Å². The zero-order chi connectivity index (χ0) is 17.0. The summed E-state index contributed by atoms with van der Waals surface area (Å²) < 4.78 is 5.07. The summed E-state index contributed by atoms with van der Waals surface area (Å²) in [5.41, 5.74) is 2.79. The van der Waals surface area contributed by atoms with Crippen LogP contribution in [0.3, 0.4) is 0 Å². The summed E-state index contributed by atoms with van der Waals surface area (Å²) >= 11 is 0. The monoisotopic (exact) mass is 314 g/mol. The minimum absolute atomic E-state index is 0.0565. The van der Waals surface area contributed by atoms with Crippen LogP contribution in [0.1, 0.15) is 35.5 Å². The number of furan rings is 1. The number of nitrogens with one attached hydrogen (secondary N) is 2. The van der Waals surface area contributed by atoms with Crippen LogP contribution < -0.4 is 10.6 Å². The number of hydrogen-bond acceptors (Lipinski definition) is 3. The van der Waals surface area contributed by atoms with Crippen molar-refractivity contribution in [2.24, 2.45) is 5.92 Å². The molecule has 0 fully saturated rings. The molecule has 0 bridgehead atoms. The minimum atomic E-state index is -0.646. The Morgan fingerprint density at radius 3 is 2.48 bits per heavy atom. The van der Waals surface area contributed by atoms with Gasteiger partial charge in [-0.05, 0) is 49.1 Å². The van der Waals surface area contributed by atoms with E-state index in [-0.39, 0.29) is 17.6 Å². The highest BCUT2D eigenvalue weighted by atomic mass is 16.3. The molecule has 23 heavy (non-hydrogen) atoms. The second-order valence-corrected chi connectivity index (χ2v) is 5.98. The SMILES string of the molecule is Cc1ccc(C)c(NC(=O)[C@@H](NC(=O)c2ccco2)C(C)C)c1. The van der Waals surface area contributed by atoms with E-state index in [4.69, 9.17) is 4.42 Å². The van der Waals surface area contributed by atoms with E-state index in [0.717, 1.165) is 16.8 Å². The summed E-state index contributed by atoms with van der Waals surface area (Å²) in [6, 6.07) is 8.41. The first kappa shape index (κ1) is 16.8. The Bertz CT molecular complexity index is 690. The Morgan fingerprint density at radius 1 is 1.13 bits per heavy atom. The molecule has 122 valence electrons. The normalized spacial score (nSPS) is 12.0. The molecule has 0 saturated carbocycles. The standard InChI is InChI=1S/C18H22N2O3/c1-11(2)16(20-17(21)15-6-5-9-23-15)18(22)19-14-10-12(3)7-8-13(14)4/h5-11,16H,1-4H3,(H,19,22)(H,20,21)/t16-/m0/s1. The first-order valence-corrected chi connectivity index (χ1v) is 7.61. The Kier molecular flexibility index (Phi) is 5.21. The van der Waals surface area contributed by atoms with Crippen molar-refractivity contribution in [3.63, 3.8) is 0 Å². The lowest BCUT2D eigenvalue weighted by Crippen LogP contribution is -2.47. The van der Waals surface area contributed by atoms with Crippen molar-refractivity contribution >= 4 is 17.5 Å². The van der Waals surface area contributed by atoms with Crippen molar-refractivity contribution in [3.05, 3.63) is 53.5 Å². The molecule has 1 aromatic heterocycles. The number of amides is 2. The average molecular weight is 314 g/mol. The fraction of sp³-hybridized carbons (Fsp3) is 0.333. The highest BCUT2D eigenvalue weighted by Gasteiger charge is 2.26. The molecule has 2 aromatic rings. The van der Waals surface area contributed by atoms with Gasteiger partial charge in [0.15, 0.2) is 5.76 Å². The summed E-state index contributed by atoms with van der Waals surface area (Å²) in [7, 11) is 0. The van der Waals surface area contributed by atoms with Gasteiger partial charge in [-0.2, -0.15) is 0 Å². The quantitative estimate of drug-likeness (QED) is 0.889. The molecule has 1 atom stereocenters. The Balaban J connectivity index is 2.12. The summed E-state index contributed by atoms with van der Waals surface area (Å²) in [6.45, 7) is 7.67. The van der Waals surface area contributed by atoms with Crippen molar-refractivity contribution in [3.8, 4) is 0 Å². The third kappa shape index (κ3) is 4.22. The lowest BCUT2D eigenvalue weighted by Gasteiger charge is -2.22. The Morgan fingerprint density at radius 2 is 1.87 bits per heavy atom. The summed E-state index contributed by atoms with van der Waals surface area (Å²) in [5.74, 6) is -0.507. The van der Waals surface area contributed by atoms with Gasteiger partial charge in [0.05, 0.1) is 6.26 Å². The van der Waals surface area contributed by atoms with E-state index in [1.54, 1.807) is 12.1 Å². The smallest absolute Gasteiger partial charge is 0.287 e. The fourth-order valence-electron chi connectivity index (χ4n) is 2.24. The van der Waals surface area contributed by atoms with Crippen LogP contribution in [0.15, 0.2) is 41.0 Å². The molecule has 0 radical (unpaired) electrons. The lowest BCUT2D eigenvalue weighted by atomic mass is 10.0. The van der Waals surface area contributed by atoms with E-state index >= 15 is 0 Å². The molecule has 0 saturated heterocycles. The van der Waals surface area contributed by atoms with Gasteiger partial charge in [0.1, 0.15) is 6.04 Å². The van der Waals surface area contributed by atoms with Gasteiger partial charge < -0.3 is 15.1 Å². The van der Waals surface area contributed by atoms with Crippen molar-refractivity contribution in [2.75, 3.05) is 5.32 Å². The first-order chi connectivity index (χ1) is 10.9. The van der Waals surface area contributed by atoms with Gasteiger partial charge in [0.25, 0.3) is 5.91 Å². The van der Waals surface area contributed by atoms with Gasteiger partial charge in [-0.15, -0.1) is 0 Å². The number of hydrogen-bond donors (Lipinski definition) is 2. The molecule has 0 aliphatic rings. The largest absolute Gasteiger partial charge is 0.459 e. The van der Waals surface area contributed by atoms with Crippen LogP contribution in [0.4, 0.5) is 5.69 Å².